The fraction of sp³-hybridized carbons (Fsp3) is 0.467. The second kappa shape index (κ2) is 3.97. The summed E-state index contributed by atoms with van der Waals surface area (Å²) in [4.78, 5) is 0. The highest BCUT2D eigenvalue weighted by Crippen LogP contribution is 2.22. The molecular weight excluding hydrogens is 194 g/mol. The molecule has 1 heterocycles. The van der Waals surface area contributed by atoms with Crippen LogP contribution in [0.25, 0.3) is 10.9 Å². The van der Waals surface area contributed by atoms with Gasteiger partial charge < -0.3 is 4.57 Å². The van der Waals surface area contributed by atoms with Gasteiger partial charge in [0.15, 0.2) is 0 Å². The molecule has 0 aliphatic carbocycles. The van der Waals surface area contributed by atoms with Crippen molar-refractivity contribution >= 4 is 10.9 Å². The Labute approximate surface area is 98.1 Å². The van der Waals surface area contributed by atoms with Crippen LogP contribution in [0.2, 0.25) is 0 Å². The van der Waals surface area contributed by atoms with Crippen molar-refractivity contribution in [2.45, 2.75) is 40.7 Å². The number of aryl methyl sites for hydroxylation is 2. The third-order valence-electron chi connectivity index (χ3n) is 3.03. The highest BCUT2D eigenvalue weighted by Gasteiger charge is 2.10. The van der Waals surface area contributed by atoms with E-state index in [1.807, 2.05) is 0 Å². The number of hydrogen-bond donors (Lipinski definition) is 0. The molecule has 0 unspecified atom stereocenters. The zero-order valence-electron chi connectivity index (χ0n) is 10.7. The first-order valence-corrected chi connectivity index (χ1v) is 6.01. The lowest BCUT2D eigenvalue weighted by molar-refractivity contribution is 0.353. The maximum Gasteiger partial charge on any atom is 0.0480 e. The van der Waals surface area contributed by atoms with Gasteiger partial charge in [-0.25, -0.2) is 0 Å². The number of hydrogen-bond acceptors (Lipinski definition) is 0. The molecule has 16 heavy (non-hydrogen) atoms. The molecule has 0 radical (unpaired) electrons. The number of aromatic nitrogens is 1. The van der Waals surface area contributed by atoms with E-state index in [2.05, 4.69) is 62.7 Å². The fourth-order valence-electron chi connectivity index (χ4n) is 1.97. The molecule has 0 saturated carbocycles. The van der Waals surface area contributed by atoms with Crippen LogP contribution in [-0.2, 0) is 6.54 Å². The van der Waals surface area contributed by atoms with E-state index in [-0.39, 0.29) is 0 Å². The number of benzene rings is 1. The second-order valence-corrected chi connectivity index (χ2v) is 5.88. The zero-order chi connectivity index (χ0) is 11.8. The van der Waals surface area contributed by atoms with E-state index in [0.29, 0.717) is 5.41 Å². The SMILES string of the molecule is Cc1ccc2c(ccn2CCC(C)(C)C)c1. The van der Waals surface area contributed by atoms with Crippen molar-refractivity contribution in [2.24, 2.45) is 5.41 Å². The van der Waals surface area contributed by atoms with E-state index in [0.717, 1.165) is 6.54 Å². The number of nitrogens with zero attached hydrogens (tertiary/aromatic N) is 1. The Hall–Kier alpha value is -1.24. The van der Waals surface area contributed by atoms with Crippen LogP contribution >= 0.6 is 0 Å². The van der Waals surface area contributed by atoms with E-state index in [1.54, 1.807) is 0 Å². The topological polar surface area (TPSA) is 4.93 Å². The number of rotatable bonds is 2. The van der Waals surface area contributed by atoms with Gasteiger partial charge in [-0.15, -0.1) is 0 Å². The van der Waals surface area contributed by atoms with Gasteiger partial charge in [0.05, 0.1) is 0 Å². The molecule has 0 N–H and O–H groups in total. The smallest absolute Gasteiger partial charge is 0.0480 e. The molecule has 0 saturated heterocycles. The molecule has 1 aromatic carbocycles. The predicted octanol–water partition coefficient (Wildman–Crippen LogP) is 4.39. The van der Waals surface area contributed by atoms with Gasteiger partial charge in [-0.3, -0.25) is 0 Å². The number of fused-ring (bicyclic) bond motifs is 1. The summed E-state index contributed by atoms with van der Waals surface area (Å²) in [7, 11) is 0. The van der Waals surface area contributed by atoms with E-state index in [1.165, 1.54) is 22.9 Å². The summed E-state index contributed by atoms with van der Waals surface area (Å²) in [5.41, 5.74) is 3.09. The van der Waals surface area contributed by atoms with Crippen LogP contribution in [0.5, 0.6) is 0 Å². The average molecular weight is 215 g/mol. The molecule has 1 heteroatoms. The fourth-order valence-corrected chi connectivity index (χ4v) is 1.97. The van der Waals surface area contributed by atoms with E-state index in [4.69, 9.17) is 0 Å². The Morgan fingerprint density at radius 3 is 2.56 bits per heavy atom. The summed E-state index contributed by atoms with van der Waals surface area (Å²) in [6.45, 7) is 10.1. The van der Waals surface area contributed by atoms with Crippen molar-refractivity contribution in [3.63, 3.8) is 0 Å². The monoisotopic (exact) mass is 215 g/mol. The summed E-state index contributed by atoms with van der Waals surface area (Å²) in [6, 6.07) is 8.89. The zero-order valence-corrected chi connectivity index (χ0v) is 10.7. The molecule has 86 valence electrons. The standard InChI is InChI=1S/C15H21N/c1-12-5-6-14-13(11-12)7-9-16(14)10-8-15(2,3)4/h5-7,9,11H,8,10H2,1-4H3. The van der Waals surface area contributed by atoms with Gasteiger partial charge in [0, 0.05) is 18.3 Å². The Morgan fingerprint density at radius 1 is 1.12 bits per heavy atom. The Balaban J connectivity index is 2.25. The highest BCUT2D eigenvalue weighted by molar-refractivity contribution is 5.80. The molecule has 1 nitrogen and oxygen atoms in total. The van der Waals surface area contributed by atoms with E-state index < -0.39 is 0 Å². The van der Waals surface area contributed by atoms with Crippen molar-refractivity contribution in [3.05, 3.63) is 36.0 Å². The van der Waals surface area contributed by atoms with Crippen molar-refractivity contribution < 1.29 is 0 Å². The van der Waals surface area contributed by atoms with Crippen LogP contribution in [0.1, 0.15) is 32.8 Å². The molecule has 0 amide bonds. The van der Waals surface area contributed by atoms with Gasteiger partial charge in [-0.1, -0.05) is 32.4 Å². The summed E-state index contributed by atoms with van der Waals surface area (Å²) >= 11 is 0. The van der Waals surface area contributed by atoms with Crippen molar-refractivity contribution in [1.29, 1.82) is 0 Å². The lowest BCUT2D eigenvalue weighted by atomic mass is 9.92. The third-order valence-corrected chi connectivity index (χ3v) is 3.03. The molecule has 0 bridgehead atoms. The lowest BCUT2D eigenvalue weighted by Gasteiger charge is -2.18. The largest absolute Gasteiger partial charge is 0.347 e. The highest BCUT2D eigenvalue weighted by atomic mass is 14.9. The van der Waals surface area contributed by atoms with Crippen LogP contribution in [0.4, 0.5) is 0 Å². The van der Waals surface area contributed by atoms with Gasteiger partial charge in [-0.05, 0) is 42.3 Å². The maximum atomic E-state index is 2.36. The van der Waals surface area contributed by atoms with Crippen LogP contribution in [-0.4, -0.2) is 4.57 Å². The molecule has 0 spiro atoms. The predicted molar refractivity (Wildman–Crippen MR) is 70.7 cm³/mol. The van der Waals surface area contributed by atoms with Crippen LogP contribution in [0, 0.1) is 12.3 Å². The minimum Gasteiger partial charge on any atom is -0.347 e. The molecule has 2 aromatic rings. The summed E-state index contributed by atoms with van der Waals surface area (Å²) in [5, 5.41) is 1.36. The second-order valence-electron chi connectivity index (χ2n) is 5.88. The van der Waals surface area contributed by atoms with Gasteiger partial charge in [0.1, 0.15) is 0 Å². The minimum atomic E-state index is 0.404. The summed E-state index contributed by atoms with van der Waals surface area (Å²) in [6.07, 6.45) is 3.42. The first-order valence-electron chi connectivity index (χ1n) is 6.01. The maximum absolute atomic E-state index is 2.36. The lowest BCUT2D eigenvalue weighted by Crippen LogP contribution is -2.09. The molecule has 2 rings (SSSR count). The van der Waals surface area contributed by atoms with E-state index >= 15 is 0 Å². The molecule has 0 fully saturated rings. The Bertz CT molecular complexity index is 486. The van der Waals surface area contributed by atoms with E-state index in [9.17, 15) is 0 Å². The van der Waals surface area contributed by atoms with Crippen molar-refractivity contribution in [3.8, 4) is 0 Å². The van der Waals surface area contributed by atoms with Gasteiger partial charge in [-0.2, -0.15) is 0 Å². The summed E-state index contributed by atoms with van der Waals surface area (Å²) in [5.74, 6) is 0. The molecule has 0 aliphatic rings. The Morgan fingerprint density at radius 2 is 1.88 bits per heavy atom. The van der Waals surface area contributed by atoms with Gasteiger partial charge in [0.2, 0.25) is 0 Å². The average Bonchev–Trinajstić information content (AvgIpc) is 2.56. The minimum absolute atomic E-state index is 0.404. The molecule has 0 atom stereocenters. The van der Waals surface area contributed by atoms with Crippen LogP contribution in [0.15, 0.2) is 30.5 Å². The first-order chi connectivity index (χ1) is 7.46. The molecular formula is C15H21N. The third kappa shape index (κ3) is 2.46. The quantitative estimate of drug-likeness (QED) is 0.700. The van der Waals surface area contributed by atoms with Crippen molar-refractivity contribution in [2.75, 3.05) is 0 Å². The first kappa shape index (κ1) is 11.3. The van der Waals surface area contributed by atoms with Gasteiger partial charge >= 0.3 is 0 Å². The molecule has 1 aromatic heterocycles. The Kier molecular flexibility index (Phi) is 2.79. The summed E-state index contributed by atoms with van der Waals surface area (Å²) < 4.78 is 2.36. The van der Waals surface area contributed by atoms with Crippen molar-refractivity contribution in [1.82, 2.24) is 4.57 Å². The van der Waals surface area contributed by atoms with Crippen LogP contribution in [0.3, 0.4) is 0 Å². The molecule has 0 aliphatic heterocycles. The van der Waals surface area contributed by atoms with Crippen LogP contribution < -0.4 is 0 Å². The van der Waals surface area contributed by atoms with Gasteiger partial charge in [0.25, 0.3) is 0 Å². The normalized spacial score (nSPS) is 12.2.